The summed E-state index contributed by atoms with van der Waals surface area (Å²) < 4.78 is 7.58. The van der Waals surface area contributed by atoms with Gasteiger partial charge in [0.1, 0.15) is 5.75 Å². The Bertz CT molecular complexity index is 774. The molecule has 0 bridgehead atoms. The van der Waals surface area contributed by atoms with E-state index >= 15 is 0 Å². The van der Waals surface area contributed by atoms with E-state index in [0.29, 0.717) is 12.2 Å². The number of hydrogen-bond acceptors (Lipinski definition) is 3. The van der Waals surface area contributed by atoms with Crippen molar-refractivity contribution < 1.29 is 14.6 Å². The average Bonchev–Trinajstić information content (AvgIpc) is 2.79. The first kappa shape index (κ1) is 12.0. The van der Waals surface area contributed by atoms with Gasteiger partial charge in [0.25, 0.3) is 0 Å². The van der Waals surface area contributed by atoms with Crippen molar-refractivity contribution in [3.63, 3.8) is 0 Å². The van der Waals surface area contributed by atoms with Gasteiger partial charge in [-0.05, 0) is 25.1 Å². The predicted octanol–water partition coefficient (Wildman–Crippen LogP) is 4.15. The van der Waals surface area contributed by atoms with E-state index in [0.717, 1.165) is 25.9 Å². The maximum absolute atomic E-state index is 11.4. The molecule has 0 aliphatic carbocycles. The van der Waals surface area contributed by atoms with Crippen LogP contribution >= 0.6 is 11.3 Å². The molecule has 0 saturated carbocycles. The molecular formula is C15H12O3S. The van der Waals surface area contributed by atoms with Crippen LogP contribution in [0.15, 0.2) is 36.4 Å². The zero-order valence-electron chi connectivity index (χ0n) is 10.3. The first-order chi connectivity index (χ1) is 9.22. The van der Waals surface area contributed by atoms with E-state index in [4.69, 9.17) is 4.74 Å². The van der Waals surface area contributed by atoms with Crippen LogP contribution in [-0.4, -0.2) is 17.7 Å². The van der Waals surface area contributed by atoms with Crippen LogP contribution in [0.5, 0.6) is 5.75 Å². The summed E-state index contributed by atoms with van der Waals surface area (Å²) in [6, 6.07) is 11.2. The molecule has 19 heavy (non-hydrogen) atoms. The third-order valence-electron chi connectivity index (χ3n) is 3.02. The molecule has 0 radical (unpaired) electrons. The average molecular weight is 272 g/mol. The molecule has 0 spiro atoms. The third kappa shape index (κ3) is 1.85. The summed E-state index contributed by atoms with van der Waals surface area (Å²) in [5, 5.41) is 11.1. The largest absolute Gasteiger partial charge is 0.492 e. The molecule has 1 heterocycles. The van der Waals surface area contributed by atoms with Gasteiger partial charge in [-0.2, -0.15) is 0 Å². The van der Waals surface area contributed by atoms with E-state index in [2.05, 4.69) is 0 Å². The lowest BCUT2D eigenvalue weighted by atomic mass is 10.1. The summed E-state index contributed by atoms with van der Waals surface area (Å²) in [6.45, 7) is 2.49. The highest BCUT2D eigenvalue weighted by Gasteiger charge is 2.17. The van der Waals surface area contributed by atoms with Crippen LogP contribution in [-0.2, 0) is 0 Å². The van der Waals surface area contributed by atoms with Gasteiger partial charge in [-0.1, -0.05) is 18.2 Å². The van der Waals surface area contributed by atoms with Crippen molar-refractivity contribution in [3.05, 3.63) is 42.0 Å². The summed E-state index contributed by atoms with van der Waals surface area (Å²) in [5.74, 6) is -0.152. The van der Waals surface area contributed by atoms with Crippen molar-refractivity contribution in [2.45, 2.75) is 6.92 Å². The summed E-state index contributed by atoms with van der Waals surface area (Å²) >= 11 is 1.57. The van der Waals surface area contributed by atoms with Crippen molar-refractivity contribution in [1.29, 1.82) is 0 Å². The fourth-order valence-corrected chi connectivity index (χ4v) is 3.45. The molecule has 1 aromatic heterocycles. The first-order valence-electron chi connectivity index (χ1n) is 6.02. The topological polar surface area (TPSA) is 46.5 Å². The van der Waals surface area contributed by atoms with E-state index < -0.39 is 5.97 Å². The SMILES string of the molecule is CCOc1ccc(C(=O)O)c2c1sc1ccccc12. The van der Waals surface area contributed by atoms with Gasteiger partial charge in [-0.15, -0.1) is 11.3 Å². The number of hydrogen-bond donors (Lipinski definition) is 1. The molecule has 4 heteroatoms. The molecule has 2 aromatic carbocycles. The van der Waals surface area contributed by atoms with Crippen LogP contribution in [0, 0.1) is 0 Å². The number of benzene rings is 2. The van der Waals surface area contributed by atoms with Crippen molar-refractivity contribution in [3.8, 4) is 5.75 Å². The van der Waals surface area contributed by atoms with E-state index in [1.165, 1.54) is 0 Å². The molecule has 0 saturated heterocycles. The minimum atomic E-state index is -0.906. The standard InChI is InChI=1S/C15H12O3S/c1-2-18-11-8-7-10(15(16)17)13-9-5-3-4-6-12(9)19-14(11)13/h3-8H,2H2,1H3,(H,16,17). The number of carboxylic acid groups (broad SMARTS) is 1. The van der Waals surface area contributed by atoms with Crippen LogP contribution in [0.25, 0.3) is 20.2 Å². The van der Waals surface area contributed by atoms with Crippen LogP contribution in [0.3, 0.4) is 0 Å². The number of carbonyl (C=O) groups is 1. The maximum atomic E-state index is 11.4. The maximum Gasteiger partial charge on any atom is 0.336 e. The Morgan fingerprint density at radius 1 is 1.26 bits per heavy atom. The number of thiophene rings is 1. The Balaban J connectivity index is 2.47. The van der Waals surface area contributed by atoms with Crippen molar-refractivity contribution >= 4 is 37.5 Å². The minimum Gasteiger partial charge on any atom is -0.492 e. The molecule has 96 valence electrons. The minimum absolute atomic E-state index is 0.330. The number of aromatic carboxylic acids is 1. The van der Waals surface area contributed by atoms with Gasteiger partial charge in [-0.25, -0.2) is 4.79 Å². The highest BCUT2D eigenvalue weighted by molar-refractivity contribution is 7.26. The lowest BCUT2D eigenvalue weighted by Gasteiger charge is -2.06. The Labute approximate surface area is 114 Å². The summed E-state index contributed by atoms with van der Waals surface area (Å²) in [7, 11) is 0. The fourth-order valence-electron chi connectivity index (χ4n) is 2.25. The molecule has 0 unspecified atom stereocenters. The number of rotatable bonds is 3. The first-order valence-corrected chi connectivity index (χ1v) is 6.84. The molecule has 1 N–H and O–H groups in total. The van der Waals surface area contributed by atoms with E-state index in [-0.39, 0.29) is 0 Å². The number of carboxylic acids is 1. The fraction of sp³-hybridized carbons (Fsp3) is 0.133. The second-order valence-electron chi connectivity index (χ2n) is 4.15. The Kier molecular flexibility index (Phi) is 2.87. The van der Waals surface area contributed by atoms with Gasteiger partial charge >= 0.3 is 5.97 Å². The Morgan fingerprint density at radius 3 is 2.79 bits per heavy atom. The zero-order chi connectivity index (χ0) is 13.4. The van der Waals surface area contributed by atoms with Gasteiger partial charge in [-0.3, -0.25) is 0 Å². The third-order valence-corrected chi connectivity index (χ3v) is 4.21. The number of ether oxygens (including phenoxy) is 1. The molecular weight excluding hydrogens is 260 g/mol. The molecule has 3 rings (SSSR count). The van der Waals surface area contributed by atoms with E-state index in [1.807, 2.05) is 31.2 Å². The molecule has 0 aliphatic rings. The van der Waals surface area contributed by atoms with Gasteiger partial charge in [0.05, 0.1) is 16.9 Å². The molecule has 0 atom stereocenters. The summed E-state index contributed by atoms with van der Waals surface area (Å²) in [5.41, 5.74) is 0.330. The van der Waals surface area contributed by atoms with E-state index in [1.54, 1.807) is 23.5 Å². The van der Waals surface area contributed by atoms with Crippen molar-refractivity contribution in [2.24, 2.45) is 0 Å². The van der Waals surface area contributed by atoms with Gasteiger partial charge < -0.3 is 9.84 Å². The molecule has 0 aliphatic heterocycles. The lowest BCUT2D eigenvalue weighted by molar-refractivity contribution is 0.0699. The Morgan fingerprint density at radius 2 is 2.05 bits per heavy atom. The molecule has 3 nitrogen and oxygen atoms in total. The van der Waals surface area contributed by atoms with Gasteiger partial charge in [0.2, 0.25) is 0 Å². The van der Waals surface area contributed by atoms with Crippen LogP contribution in [0.4, 0.5) is 0 Å². The quantitative estimate of drug-likeness (QED) is 0.779. The van der Waals surface area contributed by atoms with Crippen LogP contribution in [0.2, 0.25) is 0 Å². The second kappa shape index (κ2) is 4.55. The predicted molar refractivity (Wildman–Crippen MR) is 77.5 cm³/mol. The van der Waals surface area contributed by atoms with Crippen molar-refractivity contribution in [2.75, 3.05) is 6.61 Å². The Hall–Kier alpha value is -2.07. The van der Waals surface area contributed by atoms with Crippen LogP contribution < -0.4 is 4.74 Å². The van der Waals surface area contributed by atoms with Crippen molar-refractivity contribution in [1.82, 2.24) is 0 Å². The highest BCUT2D eigenvalue weighted by Crippen LogP contribution is 2.41. The summed E-state index contributed by atoms with van der Waals surface area (Å²) in [4.78, 5) is 11.4. The second-order valence-corrected chi connectivity index (χ2v) is 5.20. The lowest BCUT2D eigenvalue weighted by Crippen LogP contribution is -1.98. The molecule has 3 aromatic rings. The normalized spacial score (nSPS) is 11.0. The zero-order valence-corrected chi connectivity index (χ0v) is 11.2. The molecule has 0 amide bonds. The van der Waals surface area contributed by atoms with Crippen LogP contribution in [0.1, 0.15) is 17.3 Å². The molecule has 0 fully saturated rings. The van der Waals surface area contributed by atoms with E-state index in [9.17, 15) is 9.90 Å². The summed E-state index contributed by atoms with van der Waals surface area (Å²) in [6.07, 6.45) is 0. The monoisotopic (exact) mass is 272 g/mol. The number of fused-ring (bicyclic) bond motifs is 3. The van der Waals surface area contributed by atoms with Gasteiger partial charge in [0.15, 0.2) is 0 Å². The smallest absolute Gasteiger partial charge is 0.336 e. The highest BCUT2D eigenvalue weighted by atomic mass is 32.1. The van der Waals surface area contributed by atoms with Gasteiger partial charge in [0, 0.05) is 15.5 Å².